The molecule has 0 bridgehead atoms. The zero-order chi connectivity index (χ0) is 20.8. The van der Waals surface area contributed by atoms with Gasteiger partial charge in [0.25, 0.3) is 5.56 Å². The molecule has 5 nitrogen and oxygen atoms in total. The molecule has 0 saturated heterocycles. The molecule has 0 aliphatic rings. The molecule has 29 heavy (non-hydrogen) atoms. The molecule has 1 amide bonds. The molecule has 0 aliphatic heterocycles. The number of hydrogen-bond acceptors (Lipinski definition) is 4. The minimum atomic E-state index is -0.276. The average Bonchev–Trinajstić information content (AvgIpc) is 2.68. The van der Waals surface area contributed by atoms with Crippen molar-refractivity contribution >= 4 is 40.2 Å². The molecule has 0 spiro atoms. The first kappa shape index (κ1) is 21.3. The lowest BCUT2D eigenvalue weighted by molar-refractivity contribution is -0.129. The lowest BCUT2D eigenvalue weighted by atomic mass is 10.2. The molecule has 0 atom stereocenters. The molecular formula is C21H21ClFN3O2S. The van der Waals surface area contributed by atoms with E-state index in [1.54, 1.807) is 35.2 Å². The quantitative estimate of drug-likeness (QED) is 0.572. The maximum absolute atomic E-state index is 13.0. The second-order valence-corrected chi connectivity index (χ2v) is 8.03. The Labute approximate surface area is 177 Å². The molecule has 0 aliphatic carbocycles. The predicted octanol–water partition coefficient (Wildman–Crippen LogP) is 4.39. The molecule has 1 heterocycles. The van der Waals surface area contributed by atoms with Crippen LogP contribution in [0.25, 0.3) is 10.9 Å². The van der Waals surface area contributed by atoms with E-state index in [1.165, 1.54) is 23.9 Å². The monoisotopic (exact) mass is 433 g/mol. The van der Waals surface area contributed by atoms with E-state index in [4.69, 9.17) is 11.6 Å². The number of aromatic nitrogens is 2. The number of benzene rings is 2. The fourth-order valence-corrected chi connectivity index (χ4v) is 3.96. The van der Waals surface area contributed by atoms with Crippen LogP contribution < -0.4 is 5.56 Å². The van der Waals surface area contributed by atoms with Crippen LogP contribution >= 0.6 is 23.4 Å². The second-order valence-electron chi connectivity index (χ2n) is 6.61. The first-order valence-corrected chi connectivity index (χ1v) is 10.8. The smallest absolute Gasteiger partial charge is 0.258 e. The van der Waals surface area contributed by atoms with E-state index in [-0.39, 0.29) is 23.8 Å². The molecule has 3 aromatic rings. The number of H-pyrrole nitrogens is 1. The molecule has 0 fully saturated rings. The summed E-state index contributed by atoms with van der Waals surface area (Å²) < 4.78 is 13.0. The van der Waals surface area contributed by atoms with Crippen LogP contribution in [-0.4, -0.2) is 33.1 Å². The van der Waals surface area contributed by atoms with Gasteiger partial charge in [-0.1, -0.05) is 30.7 Å². The Hall–Kier alpha value is -2.38. The topological polar surface area (TPSA) is 66.1 Å². The van der Waals surface area contributed by atoms with Crippen LogP contribution in [0.3, 0.4) is 0 Å². The van der Waals surface area contributed by atoms with Gasteiger partial charge in [-0.25, -0.2) is 9.37 Å². The van der Waals surface area contributed by atoms with Gasteiger partial charge in [-0.05, 0) is 42.3 Å². The fourth-order valence-electron chi connectivity index (χ4n) is 2.91. The van der Waals surface area contributed by atoms with E-state index in [1.807, 2.05) is 6.92 Å². The summed E-state index contributed by atoms with van der Waals surface area (Å²) >= 11 is 7.47. The van der Waals surface area contributed by atoms with Crippen molar-refractivity contribution < 1.29 is 9.18 Å². The van der Waals surface area contributed by atoms with Crippen molar-refractivity contribution in [2.75, 3.05) is 12.3 Å². The second kappa shape index (κ2) is 9.89. The lowest BCUT2D eigenvalue weighted by Gasteiger charge is -2.21. The normalized spacial score (nSPS) is 11.0. The molecule has 2 aromatic carbocycles. The van der Waals surface area contributed by atoms with Crippen molar-refractivity contribution in [2.45, 2.75) is 25.6 Å². The van der Waals surface area contributed by atoms with E-state index in [9.17, 15) is 14.0 Å². The summed E-state index contributed by atoms with van der Waals surface area (Å²) in [7, 11) is 0. The maximum Gasteiger partial charge on any atom is 0.258 e. The van der Waals surface area contributed by atoms with Gasteiger partial charge in [0.05, 0.1) is 23.2 Å². The highest BCUT2D eigenvalue weighted by molar-refractivity contribution is 7.99. The first-order chi connectivity index (χ1) is 14.0. The van der Waals surface area contributed by atoms with E-state index in [2.05, 4.69) is 9.97 Å². The Morgan fingerprint density at radius 2 is 2.00 bits per heavy atom. The first-order valence-electron chi connectivity index (χ1n) is 9.24. The molecule has 0 saturated carbocycles. The minimum absolute atomic E-state index is 0.0344. The van der Waals surface area contributed by atoms with Gasteiger partial charge in [-0.15, -0.1) is 11.8 Å². The van der Waals surface area contributed by atoms with Gasteiger partial charge in [0.1, 0.15) is 11.6 Å². The summed E-state index contributed by atoms with van der Waals surface area (Å²) in [5.74, 6) is 1.03. The van der Waals surface area contributed by atoms with E-state index in [0.29, 0.717) is 39.8 Å². The average molecular weight is 434 g/mol. The van der Waals surface area contributed by atoms with Gasteiger partial charge in [-0.3, -0.25) is 9.59 Å². The van der Waals surface area contributed by atoms with Gasteiger partial charge in [-0.2, -0.15) is 0 Å². The Kier molecular flexibility index (Phi) is 7.28. The van der Waals surface area contributed by atoms with Crippen molar-refractivity contribution in [3.63, 3.8) is 0 Å². The van der Waals surface area contributed by atoms with Gasteiger partial charge < -0.3 is 9.88 Å². The lowest BCUT2D eigenvalue weighted by Crippen LogP contribution is -2.34. The van der Waals surface area contributed by atoms with Crippen LogP contribution in [-0.2, 0) is 17.1 Å². The van der Waals surface area contributed by atoms with E-state index in [0.717, 1.165) is 12.0 Å². The number of nitrogens with one attached hydrogen (secondary N) is 1. The van der Waals surface area contributed by atoms with Crippen LogP contribution in [0.5, 0.6) is 0 Å². The summed E-state index contributed by atoms with van der Waals surface area (Å²) in [6, 6.07) is 11.2. The van der Waals surface area contributed by atoms with Crippen LogP contribution in [0.4, 0.5) is 4.39 Å². The number of hydrogen-bond donors (Lipinski definition) is 1. The number of carbonyl (C=O) groups excluding carboxylic acids is 1. The van der Waals surface area contributed by atoms with Crippen molar-refractivity contribution in [3.05, 3.63) is 75.0 Å². The highest BCUT2D eigenvalue weighted by Gasteiger charge is 2.15. The number of thioether (sulfide) groups is 1. The number of carbonyl (C=O) groups is 1. The number of fused-ring (bicyclic) bond motifs is 1. The molecule has 0 unspecified atom stereocenters. The Morgan fingerprint density at radius 3 is 2.72 bits per heavy atom. The Balaban J connectivity index is 1.67. The highest BCUT2D eigenvalue weighted by Crippen LogP contribution is 2.16. The minimum Gasteiger partial charge on any atom is -0.335 e. The number of nitrogens with zero attached hydrogens (tertiary/aromatic N) is 2. The van der Waals surface area contributed by atoms with Crippen LogP contribution in [0, 0.1) is 5.82 Å². The molecular weight excluding hydrogens is 413 g/mol. The third-order valence-electron chi connectivity index (χ3n) is 4.31. The standard InChI is InChI=1S/C21H21ClFN3O2S/c1-2-9-26(20(27)13-29-12-14-3-6-16(23)7-4-14)11-19-24-18-10-15(22)5-8-17(18)21(28)25-19/h3-8,10H,2,9,11-13H2,1H3,(H,24,25,28). The SMILES string of the molecule is CCCN(Cc1nc2cc(Cl)ccc2c(=O)[nH]1)C(=O)CSCc1ccc(F)cc1. The molecule has 3 rings (SSSR count). The number of amides is 1. The summed E-state index contributed by atoms with van der Waals surface area (Å²) in [5.41, 5.74) is 1.21. The fraction of sp³-hybridized carbons (Fsp3) is 0.286. The van der Waals surface area contributed by atoms with Crippen LogP contribution in [0.15, 0.2) is 47.3 Å². The third-order valence-corrected chi connectivity index (χ3v) is 5.54. The van der Waals surface area contributed by atoms with Crippen molar-refractivity contribution in [1.82, 2.24) is 14.9 Å². The predicted molar refractivity (Wildman–Crippen MR) is 116 cm³/mol. The number of aromatic amines is 1. The highest BCUT2D eigenvalue weighted by atomic mass is 35.5. The van der Waals surface area contributed by atoms with Crippen molar-refractivity contribution in [1.29, 1.82) is 0 Å². The molecule has 8 heteroatoms. The van der Waals surface area contributed by atoms with Crippen molar-refractivity contribution in [3.8, 4) is 0 Å². The van der Waals surface area contributed by atoms with Crippen molar-refractivity contribution in [2.24, 2.45) is 0 Å². The molecule has 0 radical (unpaired) electrons. The van der Waals surface area contributed by atoms with Crippen LogP contribution in [0.1, 0.15) is 24.7 Å². The van der Waals surface area contributed by atoms with Gasteiger partial charge in [0, 0.05) is 17.3 Å². The maximum atomic E-state index is 13.0. The molecule has 152 valence electrons. The summed E-state index contributed by atoms with van der Waals surface area (Å²) in [6.07, 6.45) is 0.790. The summed E-state index contributed by atoms with van der Waals surface area (Å²) in [4.78, 5) is 33.9. The van der Waals surface area contributed by atoms with E-state index < -0.39 is 0 Å². The Morgan fingerprint density at radius 1 is 1.24 bits per heavy atom. The van der Waals surface area contributed by atoms with Gasteiger partial charge >= 0.3 is 0 Å². The number of halogens is 2. The molecule has 1 aromatic heterocycles. The largest absolute Gasteiger partial charge is 0.335 e. The Bertz CT molecular complexity index is 1060. The number of rotatable bonds is 8. The van der Waals surface area contributed by atoms with Gasteiger partial charge in [0.15, 0.2) is 0 Å². The third kappa shape index (κ3) is 5.81. The summed E-state index contributed by atoms with van der Waals surface area (Å²) in [6.45, 7) is 2.77. The zero-order valence-corrected chi connectivity index (χ0v) is 17.5. The van der Waals surface area contributed by atoms with Crippen LogP contribution in [0.2, 0.25) is 5.02 Å². The van der Waals surface area contributed by atoms with Gasteiger partial charge in [0.2, 0.25) is 5.91 Å². The summed E-state index contributed by atoms with van der Waals surface area (Å²) in [5, 5.41) is 0.960. The molecule has 1 N–H and O–H groups in total. The van der Waals surface area contributed by atoms with E-state index >= 15 is 0 Å². The zero-order valence-electron chi connectivity index (χ0n) is 16.0.